The Hall–Kier alpha value is -0.700. The van der Waals surface area contributed by atoms with E-state index in [0.717, 1.165) is 51.9 Å². The maximum Gasteiger partial charge on any atom is 0.282 e. The van der Waals surface area contributed by atoms with E-state index in [1.165, 1.54) is 11.1 Å². The molecular weight excluding hydrogens is 396 g/mol. The maximum absolute atomic E-state index is 13.4. The van der Waals surface area contributed by atoms with E-state index >= 15 is 0 Å². The van der Waals surface area contributed by atoms with Crippen LogP contribution in [0, 0.1) is 5.92 Å². The summed E-state index contributed by atoms with van der Waals surface area (Å²) in [5, 5.41) is 3.26. The molecule has 0 amide bonds. The van der Waals surface area contributed by atoms with Gasteiger partial charge in [0.15, 0.2) is 0 Å². The minimum absolute atomic E-state index is 0. The van der Waals surface area contributed by atoms with Crippen molar-refractivity contribution in [3.05, 3.63) is 35.4 Å². The molecule has 28 heavy (non-hydrogen) atoms. The number of nitrogens with one attached hydrogen (secondary N) is 1. The van der Waals surface area contributed by atoms with E-state index in [9.17, 15) is 8.42 Å². The molecule has 4 heterocycles. The summed E-state index contributed by atoms with van der Waals surface area (Å²) >= 11 is 0. The third-order valence-corrected chi connectivity index (χ3v) is 9.09. The minimum Gasteiger partial charge on any atom is -0.314 e. The van der Waals surface area contributed by atoms with Gasteiger partial charge in [0, 0.05) is 57.9 Å². The first kappa shape index (κ1) is 20.6. The molecule has 0 radical (unpaired) electrons. The van der Waals surface area contributed by atoms with Gasteiger partial charge >= 0.3 is 0 Å². The lowest BCUT2D eigenvalue weighted by atomic mass is 9.77. The Morgan fingerprint density at radius 2 is 1.82 bits per heavy atom. The molecule has 3 fully saturated rings. The lowest BCUT2D eigenvalue weighted by Gasteiger charge is -2.52. The Morgan fingerprint density at radius 1 is 1.04 bits per heavy atom. The molecule has 0 aromatic heterocycles. The van der Waals surface area contributed by atoms with Crippen molar-refractivity contribution in [1.29, 1.82) is 0 Å². The summed E-state index contributed by atoms with van der Waals surface area (Å²) in [6.07, 6.45) is 4.20. The van der Waals surface area contributed by atoms with Crippen molar-refractivity contribution in [2.24, 2.45) is 5.92 Å². The van der Waals surface area contributed by atoms with Crippen molar-refractivity contribution < 1.29 is 8.42 Å². The zero-order valence-electron chi connectivity index (χ0n) is 16.3. The average Bonchev–Trinajstić information content (AvgIpc) is 2.72. The molecule has 5 rings (SSSR count). The molecule has 0 bridgehead atoms. The highest BCUT2D eigenvalue weighted by molar-refractivity contribution is 7.86. The van der Waals surface area contributed by atoms with Crippen molar-refractivity contribution in [3.63, 3.8) is 0 Å². The van der Waals surface area contributed by atoms with Gasteiger partial charge in [0.2, 0.25) is 0 Å². The monoisotopic (exact) mass is 426 g/mol. The molecule has 1 N–H and O–H groups in total. The first-order valence-electron chi connectivity index (χ1n) is 10.4. The van der Waals surface area contributed by atoms with E-state index in [-0.39, 0.29) is 18.4 Å². The molecule has 1 aromatic carbocycles. The number of piperazine rings is 1. The summed E-state index contributed by atoms with van der Waals surface area (Å²) < 4.78 is 30.4. The first-order chi connectivity index (χ1) is 13.1. The van der Waals surface area contributed by atoms with Crippen LogP contribution in [0.2, 0.25) is 0 Å². The third kappa shape index (κ3) is 3.50. The van der Waals surface area contributed by atoms with Gasteiger partial charge in [0.25, 0.3) is 10.2 Å². The standard InChI is InChI=1S/C20H30N4O2S.ClH/c25-27(26,23-12-8-21-9-13-23)24-10-3-5-17-15-22-11-7-16-4-1-2-6-18(16)20(22)14-19(17)24;/h1-2,4,6,17,19-21H,3,5,7-15H2;1H/t17-,19+,20+;/m1./s1. The van der Waals surface area contributed by atoms with Gasteiger partial charge in [-0.1, -0.05) is 24.3 Å². The lowest BCUT2D eigenvalue weighted by molar-refractivity contribution is 0.0196. The van der Waals surface area contributed by atoms with Crippen molar-refractivity contribution in [2.75, 3.05) is 45.8 Å². The fourth-order valence-corrected chi connectivity index (χ4v) is 7.56. The summed E-state index contributed by atoms with van der Waals surface area (Å²) in [7, 11) is -3.36. The van der Waals surface area contributed by atoms with Crippen LogP contribution in [-0.2, 0) is 16.6 Å². The van der Waals surface area contributed by atoms with Crippen LogP contribution in [-0.4, -0.2) is 73.8 Å². The van der Waals surface area contributed by atoms with Crippen LogP contribution >= 0.6 is 12.4 Å². The Bertz CT molecular complexity index is 799. The molecular formula is C20H31ClN4O2S. The summed E-state index contributed by atoms with van der Waals surface area (Å²) in [5.74, 6) is 0.470. The lowest BCUT2D eigenvalue weighted by Crippen LogP contribution is -2.61. The Morgan fingerprint density at radius 3 is 2.64 bits per heavy atom. The fourth-order valence-electron chi connectivity index (χ4n) is 5.66. The van der Waals surface area contributed by atoms with Gasteiger partial charge in [-0.15, -0.1) is 12.4 Å². The van der Waals surface area contributed by atoms with Crippen molar-refractivity contribution in [2.45, 2.75) is 37.8 Å². The number of rotatable bonds is 2. The Balaban J connectivity index is 0.00000192. The van der Waals surface area contributed by atoms with Crippen LogP contribution in [0.1, 0.15) is 36.4 Å². The van der Waals surface area contributed by atoms with Gasteiger partial charge in [0.05, 0.1) is 0 Å². The van der Waals surface area contributed by atoms with Gasteiger partial charge in [0.1, 0.15) is 0 Å². The number of fused-ring (bicyclic) bond motifs is 4. The number of benzene rings is 1. The maximum atomic E-state index is 13.4. The SMILES string of the molecule is Cl.O=S(=O)(N1CCNCC1)N1CCC[C@@H]2CN3CCc4ccccc4[C@@H]3C[C@@H]21. The number of piperidine rings is 2. The first-order valence-corrected chi connectivity index (χ1v) is 11.8. The second kappa shape index (κ2) is 8.20. The molecule has 4 aliphatic rings. The average molecular weight is 427 g/mol. The smallest absolute Gasteiger partial charge is 0.282 e. The minimum atomic E-state index is -3.36. The van der Waals surface area contributed by atoms with E-state index in [0.29, 0.717) is 31.6 Å². The van der Waals surface area contributed by atoms with Gasteiger partial charge in [-0.3, -0.25) is 4.90 Å². The number of hydrogen-bond acceptors (Lipinski definition) is 4. The molecule has 0 unspecified atom stereocenters. The third-order valence-electron chi connectivity index (χ3n) is 7.02. The van der Waals surface area contributed by atoms with E-state index < -0.39 is 10.2 Å². The number of nitrogens with zero attached hydrogens (tertiary/aromatic N) is 3. The predicted molar refractivity (Wildman–Crippen MR) is 113 cm³/mol. The second-order valence-corrected chi connectivity index (χ2v) is 10.3. The summed E-state index contributed by atoms with van der Waals surface area (Å²) in [5.41, 5.74) is 2.87. The highest BCUT2D eigenvalue weighted by Gasteiger charge is 2.47. The normalized spacial score (nSPS) is 31.9. The van der Waals surface area contributed by atoms with E-state index in [4.69, 9.17) is 0 Å². The molecule has 3 saturated heterocycles. The molecule has 0 saturated carbocycles. The summed E-state index contributed by atoms with van der Waals surface area (Å²) in [4.78, 5) is 2.62. The molecule has 0 spiro atoms. The summed E-state index contributed by atoms with van der Waals surface area (Å²) in [6.45, 7) is 5.52. The zero-order valence-corrected chi connectivity index (χ0v) is 17.9. The van der Waals surface area contributed by atoms with Crippen LogP contribution in [0.3, 0.4) is 0 Å². The van der Waals surface area contributed by atoms with Gasteiger partial charge in [-0.05, 0) is 42.7 Å². The summed E-state index contributed by atoms with van der Waals surface area (Å²) in [6, 6.07) is 9.27. The van der Waals surface area contributed by atoms with Crippen LogP contribution in [0.25, 0.3) is 0 Å². The molecule has 156 valence electrons. The highest BCUT2D eigenvalue weighted by atomic mass is 35.5. The van der Waals surface area contributed by atoms with E-state index in [1.54, 1.807) is 4.31 Å². The van der Waals surface area contributed by atoms with Gasteiger partial charge in [-0.25, -0.2) is 0 Å². The Labute approximate surface area is 174 Å². The second-order valence-electron chi connectivity index (χ2n) is 8.43. The van der Waals surface area contributed by atoms with Crippen LogP contribution in [0.5, 0.6) is 0 Å². The highest BCUT2D eigenvalue weighted by Crippen LogP contribution is 2.43. The predicted octanol–water partition coefficient (Wildman–Crippen LogP) is 1.64. The van der Waals surface area contributed by atoms with E-state index in [1.807, 2.05) is 4.31 Å². The van der Waals surface area contributed by atoms with Crippen LogP contribution < -0.4 is 5.32 Å². The van der Waals surface area contributed by atoms with Crippen molar-refractivity contribution >= 4 is 22.6 Å². The van der Waals surface area contributed by atoms with E-state index in [2.05, 4.69) is 34.5 Å². The van der Waals surface area contributed by atoms with Crippen molar-refractivity contribution in [1.82, 2.24) is 18.8 Å². The number of hydrogen-bond donors (Lipinski definition) is 1. The molecule has 4 aliphatic heterocycles. The van der Waals surface area contributed by atoms with Crippen LogP contribution in [0.15, 0.2) is 24.3 Å². The Kier molecular flexibility index (Phi) is 6.03. The largest absolute Gasteiger partial charge is 0.314 e. The molecule has 1 aromatic rings. The molecule has 0 aliphatic carbocycles. The topological polar surface area (TPSA) is 55.9 Å². The molecule has 3 atom stereocenters. The molecule has 6 nitrogen and oxygen atoms in total. The van der Waals surface area contributed by atoms with Gasteiger partial charge < -0.3 is 5.32 Å². The fraction of sp³-hybridized carbons (Fsp3) is 0.700. The van der Waals surface area contributed by atoms with Crippen LogP contribution in [0.4, 0.5) is 0 Å². The molecule has 8 heteroatoms. The zero-order chi connectivity index (χ0) is 18.4. The number of halogens is 1. The van der Waals surface area contributed by atoms with Gasteiger partial charge in [-0.2, -0.15) is 17.0 Å². The van der Waals surface area contributed by atoms with Crippen molar-refractivity contribution in [3.8, 4) is 0 Å². The quantitative estimate of drug-likeness (QED) is 0.781.